The van der Waals surface area contributed by atoms with E-state index in [0.29, 0.717) is 24.5 Å². The van der Waals surface area contributed by atoms with Crippen molar-refractivity contribution in [2.45, 2.75) is 39.5 Å². The predicted octanol–water partition coefficient (Wildman–Crippen LogP) is 5.47. The van der Waals surface area contributed by atoms with E-state index in [0.717, 1.165) is 37.0 Å². The summed E-state index contributed by atoms with van der Waals surface area (Å²) in [5, 5.41) is 2.77. The summed E-state index contributed by atoms with van der Waals surface area (Å²) < 4.78 is 11.0. The number of amides is 1. The van der Waals surface area contributed by atoms with Gasteiger partial charge >= 0.3 is 5.97 Å². The molecule has 0 aromatic heterocycles. The van der Waals surface area contributed by atoms with Crippen LogP contribution in [-0.4, -0.2) is 25.1 Å². The number of carbonyl (C=O) groups excluding carboxylic acids is 2. The Morgan fingerprint density at radius 3 is 2.52 bits per heavy atom. The molecule has 154 valence electrons. The van der Waals surface area contributed by atoms with Gasteiger partial charge in [0, 0.05) is 17.3 Å². The van der Waals surface area contributed by atoms with Gasteiger partial charge in [0.05, 0.1) is 18.8 Å². The van der Waals surface area contributed by atoms with Crippen LogP contribution in [0.15, 0.2) is 54.6 Å². The van der Waals surface area contributed by atoms with Gasteiger partial charge in [-0.1, -0.05) is 51.0 Å². The second-order valence-corrected chi connectivity index (χ2v) is 6.63. The number of para-hydroxylation sites is 1. The van der Waals surface area contributed by atoms with E-state index in [1.54, 1.807) is 30.3 Å². The van der Waals surface area contributed by atoms with Crippen LogP contribution in [0.3, 0.4) is 0 Å². The molecule has 2 aromatic carbocycles. The van der Waals surface area contributed by atoms with Crippen molar-refractivity contribution in [2.75, 3.05) is 18.5 Å². The highest BCUT2D eigenvalue weighted by Gasteiger charge is 2.08. The molecule has 2 aromatic rings. The van der Waals surface area contributed by atoms with Gasteiger partial charge in [-0.25, -0.2) is 4.79 Å². The van der Waals surface area contributed by atoms with E-state index < -0.39 is 0 Å². The molecule has 0 fully saturated rings. The van der Waals surface area contributed by atoms with Crippen LogP contribution in [-0.2, 0) is 9.53 Å². The second kappa shape index (κ2) is 12.4. The Bertz CT molecular complexity index is 829. The maximum Gasteiger partial charge on any atom is 0.338 e. The predicted molar refractivity (Wildman–Crippen MR) is 116 cm³/mol. The Morgan fingerprint density at radius 1 is 0.966 bits per heavy atom. The van der Waals surface area contributed by atoms with Gasteiger partial charge in [-0.15, -0.1) is 0 Å². The lowest BCUT2D eigenvalue weighted by atomic mass is 10.1. The highest BCUT2D eigenvalue weighted by molar-refractivity contribution is 6.02. The minimum Gasteiger partial charge on any atom is -0.493 e. The molecule has 0 aliphatic heterocycles. The summed E-state index contributed by atoms with van der Waals surface area (Å²) in [6.45, 7) is 5.19. The van der Waals surface area contributed by atoms with E-state index >= 15 is 0 Å². The molecular formula is C24H29NO4. The number of nitrogens with one attached hydrogen (secondary N) is 1. The van der Waals surface area contributed by atoms with Crippen LogP contribution in [0.5, 0.6) is 5.75 Å². The largest absolute Gasteiger partial charge is 0.493 e. The zero-order valence-electron chi connectivity index (χ0n) is 17.1. The van der Waals surface area contributed by atoms with E-state index in [1.807, 2.05) is 31.2 Å². The highest BCUT2D eigenvalue weighted by Crippen LogP contribution is 2.20. The minimum absolute atomic E-state index is 0.287. The standard InChI is InChI=1S/C24H29NO4/c1-3-5-16-28-22-13-8-7-10-19(22)14-15-23(26)25-21-12-9-11-20(18-21)24(27)29-17-6-4-2/h7-15,18H,3-6,16-17H2,1-2H3,(H,25,26)/b15-14+. The minimum atomic E-state index is -0.386. The van der Waals surface area contributed by atoms with Crippen LogP contribution >= 0.6 is 0 Å². The monoisotopic (exact) mass is 395 g/mol. The molecule has 0 bridgehead atoms. The molecule has 0 radical (unpaired) electrons. The van der Waals surface area contributed by atoms with Crippen molar-refractivity contribution >= 4 is 23.6 Å². The zero-order valence-corrected chi connectivity index (χ0v) is 17.1. The Morgan fingerprint density at radius 2 is 1.72 bits per heavy atom. The molecule has 1 N–H and O–H groups in total. The van der Waals surface area contributed by atoms with Crippen LogP contribution in [0.2, 0.25) is 0 Å². The van der Waals surface area contributed by atoms with Crippen molar-refractivity contribution in [2.24, 2.45) is 0 Å². The van der Waals surface area contributed by atoms with Crippen LogP contribution < -0.4 is 10.1 Å². The SMILES string of the molecule is CCCCOC(=O)c1cccc(NC(=O)/C=C/c2ccccc2OCCCC)c1. The summed E-state index contributed by atoms with van der Waals surface area (Å²) in [7, 11) is 0. The molecule has 0 atom stereocenters. The molecule has 0 aliphatic carbocycles. The highest BCUT2D eigenvalue weighted by atomic mass is 16.5. The van der Waals surface area contributed by atoms with Crippen molar-refractivity contribution in [3.8, 4) is 5.75 Å². The first-order valence-electron chi connectivity index (χ1n) is 10.1. The van der Waals surface area contributed by atoms with Crippen LogP contribution in [0.25, 0.3) is 6.08 Å². The Labute approximate surface area is 172 Å². The van der Waals surface area contributed by atoms with E-state index in [4.69, 9.17) is 9.47 Å². The van der Waals surface area contributed by atoms with Gasteiger partial charge in [0.15, 0.2) is 0 Å². The number of ether oxygens (including phenoxy) is 2. The summed E-state index contributed by atoms with van der Waals surface area (Å²) in [5.74, 6) is 0.0786. The van der Waals surface area contributed by atoms with Crippen molar-refractivity contribution in [1.82, 2.24) is 0 Å². The Hall–Kier alpha value is -3.08. The van der Waals surface area contributed by atoms with Gasteiger partial charge in [0.2, 0.25) is 5.91 Å². The fourth-order valence-electron chi connectivity index (χ4n) is 2.54. The average Bonchev–Trinajstić information content (AvgIpc) is 2.73. The maximum absolute atomic E-state index is 12.3. The molecule has 29 heavy (non-hydrogen) atoms. The molecule has 0 aliphatic rings. The molecular weight excluding hydrogens is 366 g/mol. The summed E-state index contributed by atoms with van der Waals surface area (Å²) in [6, 6.07) is 14.3. The van der Waals surface area contributed by atoms with Gasteiger partial charge in [-0.3, -0.25) is 4.79 Å². The number of esters is 1. The van der Waals surface area contributed by atoms with E-state index in [2.05, 4.69) is 12.2 Å². The quantitative estimate of drug-likeness (QED) is 0.311. The maximum atomic E-state index is 12.3. The summed E-state index contributed by atoms with van der Waals surface area (Å²) in [6.07, 6.45) is 7.01. The van der Waals surface area contributed by atoms with Gasteiger partial charge in [0.1, 0.15) is 5.75 Å². The molecule has 0 heterocycles. The van der Waals surface area contributed by atoms with Gasteiger partial charge < -0.3 is 14.8 Å². The third kappa shape index (κ3) is 7.82. The Kier molecular flexibility index (Phi) is 9.49. The number of carbonyl (C=O) groups is 2. The molecule has 0 saturated heterocycles. The number of hydrogen-bond acceptors (Lipinski definition) is 4. The summed E-state index contributed by atoms with van der Waals surface area (Å²) >= 11 is 0. The molecule has 1 amide bonds. The van der Waals surface area contributed by atoms with Gasteiger partial charge in [0.25, 0.3) is 0 Å². The summed E-state index contributed by atoms with van der Waals surface area (Å²) in [5.41, 5.74) is 1.79. The third-order valence-corrected chi connectivity index (χ3v) is 4.19. The Balaban J connectivity index is 1.97. The van der Waals surface area contributed by atoms with Crippen LogP contribution in [0.1, 0.15) is 55.5 Å². The van der Waals surface area contributed by atoms with Gasteiger partial charge in [-0.05, 0) is 43.2 Å². The number of unbranched alkanes of at least 4 members (excludes halogenated alkanes) is 2. The second-order valence-electron chi connectivity index (χ2n) is 6.63. The molecule has 0 spiro atoms. The first-order valence-corrected chi connectivity index (χ1v) is 10.1. The van der Waals surface area contributed by atoms with E-state index in [9.17, 15) is 9.59 Å². The van der Waals surface area contributed by atoms with Crippen molar-refractivity contribution in [1.29, 1.82) is 0 Å². The lowest BCUT2D eigenvalue weighted by Gasteiger charge is -2.08. The number of hydrogen-bond donors (Lipinski definition) is 1. The lowest BCUT2D eigenvalue weighted by Crippen LogP contribution is -2.10. The molecule has 5 heteroatoms. The molecule has 2 rings (SSSR count). The average molecular weight is 395 g/mol. The summed E-state index contributed by atoms with van der Waals surface area (Å²) in [4.78, 5) is 24.3. The normalized spacial score (nSPS) is 10.7. The first kappa shape index (κ1) is 22.2. The number of rotatable bonds is 11. The topological polar surface area (TPSA) is 64.6 Å². The fraction of sp³-hybridized carbons (Fsp3) is 0.333. The molecule has 0 unspecified atom stereocenters. The smallest absolute Gasteiger partial charge is 0.338 e. The van der Waals surface area contributed by atoms with Crippen LogP contribution in [0, 0.1) is 0 Å². The van der Waals surface area contributed by atoms with E-state index in [-0.39, 0.29) is 11.9 Å². The number of benzene rings is 2. The number of anilines is 1. The van der Waals surface area contributed by atoms with Crippen molar-refractivity contribution in [3.63, 3.8) is 0 Å². The zero-order chi connectivity index (χ0) is 20.9. The molecule has 0 saturated carbocycles. The van der Waals surface area contributed by atoms with Crippen molar-refractivity contribution in [3.05, 3.63) is 65.7 Å². The lowest BCUT2D eigenvalue weighted by molar-refractivity contribution is -0.111. The third-order valence-electron chi connectivity index (χ3n) is 4.19. The van der Waals surface area contributed by atoms with Crippen LogP contribution in [0.4, 0.5) is 5.69 Å². The van der Waals surface area contributed by atoms with E-state index in [1.165, 1.54) is 6.08 Å². The molecule has 5 nitrogen and oxygen atoms in total. The first-order chi connectivity index (χ1) is 14.1. The van der Waals surface area contributed by atoms with Crippen molar-refractivity contribution < 1.29 is 19.1 Å². The van der Waals surface area contributed by atoms with Gasteiger partial charge in [-0.2, -0.15) is 0 Å². The fourth-order valence-corrected chi connectivity index (χ4v) is 2.54.